The first-order chi connectivity index (χ1) is 10.4. The third-order valence-corrected chi connectivity index (χ3v) is 4.62. The second-order valence-electron chi connectivity index (χ2n) is 5.20. The van der Waals surface area contributed by atoms with Gasteiger partial charge in [-0.2, -0.15) is 8.42 Å². The minimum absolute atomic E-state index is 0.136. The molecule has 0 aliphatic rings. The van der Waals surface area contributed by atoms with Crippen LogP contribution in [0.4, 0.5) is 5.69 Å². The lowest BCUT2D eigenvalue weighted by atomic mass is 9.96. The average molecular weight is 313 g/mol. The summed E-state index contributed by atoms with van der Waals surface area (Å²) < 4.78 is 31.6. The van der Waals surface area contributed by atoms with Gasteiger partial charge in [-0.15, -0.1) is 0 Å². The van der Waals surface area contributed by atoms with E-state index in [0.29, 0.717) is 11.1 Å². The van der Waals surface area contributed by atoms with E-state index >= 15 is 0 Å². The van der Waals surface area contributed by atoms with Gasteiger partial charge in [-0.05, 0) is 35.6 Å². The molecule has 0 bridgehead atoms. The van der Waals surface area contributed by atoms with Crippen LogP contribution >= 0.6 is 0 Å². The molecule has 0 aromatic heterocycles. The molecule has 112 valence electrons. The van der Waals surface area contributed by atoms with Gasteiger partial charge in [-0.25, -0.2) is 0 Å². The van der Waals surface area contributed by atoms with Crippen molar-refractivity contribution in [2.45, 2.75) is 11.8 Å². The third-order valence-electron chi connectivity index (χ3n) is 3.77. The van der Waals surface area contributed by atoms with E-state index in [-0.39, 0.29) is 4.90 Å². The van der Waals surface area contributed by atoms with Crippen molar-refractivity contribution >= 4 is 26.6 Å². The lowest BCUT2D eigenvalue weighted by molar-refractivity contribution is 0.483. The lowest BCUT2D eigenvalue weighted by Gasteiger charge is -2.12. The molecule has 5 heteroatoms. The summed E-state index contributed by atoms with van der Waals surface area (Å²) in [5.74, 6) is 0. The molecule has 3 aromatic carbocycles. The maximum atomic E-state index is 11.2. The fourth-order valence-corrected chi connectivity index (χ4v) is 3.12. The van der Waals surface area contributed by atoms with E-state index in [4.69, 9.17) is 10.3 Å². The molecule has 0 amide bonds. The summed E-state index contributed by atoms with van der Waals surface area (Å²) in [5, 5.41) is 1.43. The Morgan fingerprint density at radius 1 is 0.955 bits per heavy atom. The summed E-state index contributed by atoms with van der Waals surface area (Å²) >= 11 is 0. The van der Waals surface area contributed by atoms with Gasteiger partial charge in [0.05, 0.1) is 4.90 Å². The van der Waals surface area contributed by atoms with Crippen molar-refractivity contribution in [3.63, 3.8) is 0 Å². The average Bonchev–Trinajstić information content (AvgIpc) is 2.47. The lowest BCUT2D eigenvalue weighted by Crippen LogP contribution is -1.99. The molecule has 22 heavy (non-hydrogen) atoms. The zero-order valence-electron chi connectivity index (χ0n) is 11.9. The highest BCUT2D eigenvalue weighted by Crippen LogP contribution is 2.34. The predicted molar refractivity (Wildman–Crippen MR) is 88.3 cm³/mol. The first-order valence-corrected chi connectivity index (χ1v) is 8.17. The van der Waals surface area contributed by atoms with Gasteiger partial charge in [-0.1, -0.05) is 42.5 Å². The van der Waals surface area contributed by atoms with Crippen LogP contribution < -0.4 is 5.73 Å². The Hall–Kier alpha value is -2.37. The van der Waals surface area contributed by atoms with Crippen LogP contribution in [0.25, 0.3) is 21.9 Å². The molecule has 0 fully saturated rings. The largest absolute Gasteiger partial charge is 0.398 e. The molecule has 4 nitrogen and oxygen atoms in total. The van der Waals surface area contributed by atoms with E-state index in [2.05, 4.69) is 0 Å². The van der Waals surface area contributed by atoms with Crippen molar-refractivity contribution in [3.05, 3.63) is 60.2 Å². The van der Waals surface area contributed by atoms with Crippen molar-refractivity contribution in [2.24, 2.45) is 0 Å². The molecule has 0 saturated heterocycles. The molecule has 0 saturated carbocycles. The molecule has 0 spiro atoms. The van der Waals surface area contributed by atoms with Crippen LogP contribution in [0.5, 0.6) is 0 Å². The van der Waals surface area contributed by atoms with Crippen molar-refractivity contribution in [2.75, 3.05) is 5.73 Å². The summed E-state index contributed by atoms with van der Waals surface area (Å²) in [4.78, 5) is -0.136. The molecule has 0 heterocycles. The number of nitrogens with two attached hydrogens (primary N) is 1. The van der Waals surface area contributed by atoms with Crippen LogP contribution in [0.2, 0.25) is 0 Å². The van der Waals surface area contributed by atoms with Crippen LogP contribution in [0, 0.1) is 6.92 Å². The van der Waals surface area contributed by atoms with Gasteiger partial charge in [0.2, 0.25) is 0 Å². The maximum Gasteiger partial charge on any atom is 0.294 e. The molecule has 0 radical (unpaired) electrons. The summed E-state index contributed by atoms with van der Waals surface area (Å²) in [6.07, 6.45) is 0. The molecule has 0 unspecified atom stereocenters. The topological polar surface area (TPSA) is 80.4 Å². The van der Waals surface area contributed by atoms with Crippen molar-refractivity contribution in [1.29, 1.82) is 0 Å². The first kappa shape index (κ1) is 14.6. The Morgan fingerprint density at radius 3 is 2.36 bits per heavy atom. The number of benzene rings is 3. The Bertz CT molecular complexity index is 978. The minimum atomic E-state index is -4.22. The predicted octanol–water partition coefficient (Wildman–Crippen LogP) is 3.64. The summed E-state index contributed by atoms with van der Waals surface area (Å²) in [6, 6.07) is 16.0. The zero-order chi connectivity index (χ0) is 15.9. The van der Waals surface area contributed by atoms with Crippen molar-refractivity contribution < 1.29 is 13.0 Å². The number of rotatable bonds is 2. The zero-order valence-corrected chi connectivity index (χ0v) is 12.8. The Morgan fingerprint density at radius 2 is 1.68 bits per heavy atom. The standard InChI is InChI=1S/C17H15NO3S/c1-11-4-2-3-5-14(11)16-8-6-12-10-13(22(19,20)21)7-9-15(12)17(16)18/h2-10H,18H2,1H3,(H,19,20,21). The highest BCUT2D eigenvalue weighted by molar-refractivity contribution is 7.85. The number of nitrogen functional groups attached to an aromatic ring is 1. The van der Waals surface area contributed by atoms with E-state index < -0.39 is 10.1 Å². The molecule has 0 aliphatic carbocycles. The van der Waals surface area contributed by atoms with Gasteiger partial charge < -0.3 is 5.73 Å². The summed E-state index contributed by atoms with van der Waals surface area (Å²) in [5.41, 5.74) is 9.92. The van der Waals surface area contributed by atoms with Gasteiger partial charge in [0.15, 0.2) is 0 Å². The van der Waals surface area contributed by atoms with Crippen LogP contribution in [0.1, 0.15) is 5.56 Å². The molecule has 0 atom stereocenters. The van der Waals surface area contributed by atoms with Crippen LogP contribution in [0.3, 0.4) is 0 Å². The molecule has 3 N–H and O–H groups in total. The number of aryl methyl sites for hydroxylation is 1. The molecule has 0 aliphatic heterocycles. The number of anilines is 1. The van der Waals surface area contributed by atoms with Crippen LogP contribution in [-0.2, 0) is 10.1 Å². The second kappa shape index (κ2) is 5.12. The number of hydrogen-bond acceptors (Lipinski definition) is 3. The fourth-order valence-electron chi connectivity index (χ4n) is 2.60. The summed E-state index contributed by atoms with van der Waals surface area (Å²) in [7, 11) is -4.22. The highest BCUT2D eigenvalue weighted by Gasteiger charge is 2.13. The first-order valence-electron chi connectivity index (χ1n) is 6.73. The Kier molecular flexibility index (Phi) is 3.39. The number of hydrogen-bond donors (Lipinski definition) is 2. The van der Waals surface area contributed by atoms with E-state index in [1.807, 2.05) is 43.3 Å². The third kappa shape index (κ3) is 2.45. The fraction of sp³-hybridized carbons (Fsp3) is 0.0588. The highest BCUT2D eigenvalue weighted by atomic mass is 32.2. The normalized spacial score (nSPS) is 11.7. The van der Waals surface area contributed by atoms with E-state index in [0.717, 1.165) is 22.1 Å². The van der Waals surface area contributed by atoms with Crippen LogP contribution in [0.15, 0.2) is 59.5 Å². The van der Waals surface area contributed by atoms with Crippen molar-refractivity contribution in [1.82, 2.24) is 0 Å². The van der Waals surface area contributed by atoms with E-state index in [1.165, 1.54) is 12.1 Å². The van der Waals surface area contributed by atoms with E-state index in [1.54, 1.807) is 6.07 Å². The van der Waals surface area contributed by atoms with Gasteiger partial charge in [-0.3, -0.25) is 4.55 Å². The summed E-state index contributed by atoms with van der Waals surface area (Å²) in [6.45, 7) is 2.01. The monoisotopic (exact) mass is 313 g/mol. The SMILES string of the molecule is Cc1ccccc1-c1ccc2cc(S(=O)(=O)O)ccc2c1N. The Labute approximate surface area is 129 Å². The van der Waals surface area contributed by atoms with Gasteiger partial charge >= 0.3 is 0 Å². The Balaban J connectivity index is 2.26. The van der Waals surface area contributed by atoms with Gasteiger partial charge in [0.25, 0.3) is 10.1 Å². The molecule has 3 aromatic rings. The quantitative estimate of drug-likeness (QED) is 0.559. The molecule has 3 rings (SSSR count). The number of fused-ring (bicyclic) bond motifs is 1. The van der Waals surface area contributed by atoms with Gasteiger partial charge in [0, 0.05) is 16.6 Å². The molecular formula is C17H15NO3S. The van der Waals surface area contributed by atoms with Crippen LogP contribution in [-0.4, -0.2) is 13.0 Å². The molecular weight excluding hydrogens is 298 g/mol. The smallest absolute Gasteiger partial charge is 0.294 e. The van der Waals surface area contributed by atoms with E-state index in [9.17, 15) is 8.42 Å². The minimum Gasteiger partial charge on any atom is -0.398 e. The maximum absolute atomic E-state index is 11.2. The van der Waals surface area contributed by atoms with Crippen molar-refractivity contribution in [3.8, 4) is 11.1 Å². The second-order valence-corrected chi connectivity index (χ2v) is 6.62. The van der Waals surface area contributed by atoms with Gasteiger partial charge in [0.1, 0.15) is 0 Å².